The molecule has 1 amide bonds. The fraction of sp³-hybridized carbons (Fsp3) is 0.0833. The fourth-order valence-electron chi connectivity index (χ4n) is 3.58. The molecule has 4 aromatic rings. The van der Waals surface area contributed by atoms with Gasteiger partial charge >= 0.3 is 0 Å². The van der Waals surface area contributed by atoms with Gasteiger partial charge in [-0.05, 0) is 42.0 Å². The Morgan fingerprint density at radius 3 is 2.48 bits per heavy atom. The first-order chi connectivity index (χ1) is 15.8. The Hall–Kier alpha value is -3.82. The van der Waals surface area contributed by atoms with Gasteiger partial charge in [-0.25, -0.2) is 17.5 Å². The minimum Gasteiger partial charge on any atom is -0.326 e. The van der Waals surface area contributed by atoms with Crippen molar-refractivity contribution < 1.29 is 17.6 Å². The number of amides is 1. The molecule has 1 heterocycles. The van der Waals surface area contributed by atoms with E-state index in [0.717, 1.165) is 17.9 Å². The first-order valence-electron chi connectivity index (χ1n) is 10.0. The van der Waals surface area contributed by atoms with Crippen LogP contribution in [0.5, 0.6) is 0 Å². The summed E-state index contributed by atoms with van der Waals surface area (Å²) < 4.78 is 40.6. The van der Waals surface area contributed by atoms with E-state index in [0.29, 0.717) is 5.69 Å². The molecule has 0 aliphatic rings. The van der Waals surface area contributed by atoms with E-state index in [-0.39, 0.29) is 33.9 Å². The highest BCUT2D eigenvalue weighted by molar-refractivity contribution is 7.90. The summed E-state index contributed by atoms with van der Waals surface area (Å²) in [6.07, 6.45) is 2.57. The van der Waals surface area contributed by atoms with Crippen LogP contribution in [0.3, 0.4) is 0 Å². The Kier molecular flexibility index (Phi) is 6.08. The van der Waals surface area contributed by atoms with Crippen molar-refractivity contribution in [2.24, 2.45) is 5.73 Å². The Balaban J connectivity index is 1.64. The zero-order chi connectivity index (χ0) is 23.6. The Bertz CT molecular complexity index is 1450. The van der Waals surface area contributed by atoms with Crippen molar-refractivity contribution in [3.8, 4) is 16.8 Å². The summed E-state index contributed by atoms with van der Waals surface area (Å²) in [6, 6.07) is 19.2. The van der Waals surface area contributed by atoms with Crippen molar-refractivity contribution in [3.05, 3.63) is 96.1 Å². The first kappa shape index (κ1) is 22.4. The van der Waals surface area contributed by atoms with Gasteiger partial charge in [0.2, 0.25) is 0 Å². The lowest BCUT2D eigenvalue weighted by Crippen LogP contribution is -2.18. The molecular weight excluding hydrogens is 443 g/mol. The highest BCUT2D eigenvalue weighted by Gasteiger charge is 2.19. The van der Waals surface area contributed by atoms with E-state index < -0.39 is 21.6 Å². The molecule has 0 aliphatic carbocycles. The normalized spacial score (nSPS) is 11.4. The number of anilines is 1. The second kappa shape index (κ2) is 8.97. The van der Waals surface area contributed by atoms with E-state index in [9.17, 15) is 17.6 Å². The van der Waals surface area contributed by atoms with Gasteiger partial charge in [-0.1, -0.05) is 36.4 Å². The van der Waals surface area contributed by atoms with Gasteiger partial charge in [0.1, 0.15) is 11.5 Å². The summed E-state index contributed by atoms with van der Waals surface area (Å²) in [6.45, 7) is 0.277. The second-order valence-electron chi connectivity index (χ2n) is 7.38. The van der Waals surface area contributed by atoms with Crippen molar-refractivity contribution in [2.45, 2.75) is 11.4 Å². The van der Waals surface area contributed by atoms with Crippen LogP contribution in [-0.4, -0.2) is 30.4 Å². The topological polar surface area (TPSA) is 107 Å². The van der Waals surface area contributed by atoms with Crippen molar-refractivity contribution in [1.82, 2.24) is 9.78 Å². The van der Waals surface area contributed by atoms with Crippen LogP contribution in [0.2, 0.25) is 0 Å². The average Bonchev–Trinajstić information content (AvgIpc) is 3.28. The number of aromatic nitrogens is 2. The van der Waals surface area contributed by atoms with E-state index in [1.54, 1.807) is 30.3 Å². The van der Waals surface area contributed by atoms with Crippen molar-refractivity contribution in [3.63, 3.8) is 0 Å². The molecule has 168 valence electrons. The van der Waals surface area contributed by atoms with E-state index in [1.165, 1.54) is 29.1 Å². The van der Waals surface area contributed by atoms with Crippen LogP contribution >= 0.6 is 0 Å². The van der Waals surface area contributed by atoms with Gasteiger partial charge in [-0.2, -0.15) is 5.10 Å². The van der Waals surface area contributed by atoms with Gasteiger partial charge in [0.25, 0.3) is 5.91 Å². The number of hydrogen-bond acceptors (Lipinski definition) is 5. The van der Waals surface area contributed by atoms with Gasteiger partial charge < -0.3 is 11.1 Å². The SMILES string of the molecule is CS(=O)(=O)c1ccccc1-c1ccc(NC(=O)c2ccnn2-c2ccccc2CN)cc1F. The quantitative estimate of drug-likeness (QED) is 0.451. The maximum absolute atomic E-state index is 15.0. The van der Waals surface area contributed by atoms with Crippen LogP contribution in [0.4, 0.5) is 10.1 Å². The number of nitrogens with one attached hydrogen (secondary N) is 1. The lowest BCUT2D eigenvalue weighted by molar-refractivity contribution is 0.101. The minimum atomic E-state index is -3.55. The molecule has 0 saturated heterocycles. The van der Waals surface area contributed by atoms with Gasteiger partial charge in [-0.15, -0.1) is 0 Å². The smallest absolute Gasteiger partial charge is 0.274 e. The summed E-state index contributed by atoms with van der Waals surface area (Å²) in [5.74, 6) is -1.14. The number of rotatable bonds is 6. The summed E-state index contributed by atoms with van der Waals surface area (Å²) in [5.41, 5.74) is 8.14. The Morgan fingerprint density at radius 2 is 1.76 bits per heavy atom. The lowest BCUT2D eigenvalue weighted by Gasteiger charge is -2.13. The predicted molar refractivity (Wildman–Crippen MR) is 124 cm³/mol. The van der Waals surface area contributed by atoms with Crippen LogP contribution in [0, 0.1) is 5.82 Å². The molecule has 0 unspecified atom stereocenters. The number of hydrogen-bond donors (Lipinski definition) is 2. The maximum Gasteiger partial charge on any atom is 0.274 e. The molecule has 0 saturated carbocycles. The predicted octanol–water partition coefficient (Wildman–Crippen LogP) is 3.79. The highest BCUT2D eigenvalue weighted by Crippen LogP contribution is 2.31. The molecule has 0 fully saturated rings. The molecule has 7 nitrogen and oxygen atoms in total. The van der Waals surface area contributed by atoms with Crippen molar-refractivity contribution in [2.75, 3.05) is 11.6 Å². The van der Waals surface area contributed by atoms with E-state index >= 15 is 0 Å². The largest absolute Gasteiger partial charge is 0.326 e. The van der Waals surface area contributed by atoms with Gasteiger partial charge in [-0.3, -0.25) is 4.79 Å². The van der Waals surface area contributed by atoms with Gasteiger partial charge in [0.05, 0.1) is 16.8 Å². The van der Waals surface area contributed by atoms with Crippen LogP contribution in [-0.2, 0) is 16.4 Å². The summed E-state index contributed by atoms with van der Waals surface area (Å²) in [7, 11) is -3.55. The van der Waals surface area contributed by atoms with Crippen LogP contribution in [0.1, 0.15) is 16.1 Å². The monoisotopic (exact) mass is 464 g/mol. The third kappa shape index (κ3) is 4.55. The highest BCUT2D eigenvalue weighted by atomic mass is 32.2. The molecule has 3 aromatic carbocycles. The molecule has 0 aliphatic heterocycles. The van der Waals surface area contributed by atoms with Gasteiger partial charge in [0.15, 0.2) is 9.84 Å². The zero-order valence-electron chi connectivity index (χ0n) is 17.7. The van der Waals surface area contributed by atoms with Crippen LogP contribution in [0.25, 0.3) is 16.8 Å². The molecule has 4 rings (SSSR count). The number of nitrogens with two attached hydrogens (primary N) is 1. The second-order valence-corrected chi connectivity index (χ2v) is 9.36. The Labute approximate surface area is 190 Å². The van der Waals surface area contributed by atoms with Crippen molar-refractivity contribution >= 4 is 21.4 Å². The maximum atomic E-state index is 15.0. The summed E-state index contributed by atoms with van der Waals surface area (Å²) in [4.78, 5) is 12.9. The lowest BCUT2D eigenvalue weighted by atomic mass is 10.0. The number of nitrogens with zero attached hydrogens (tertiary/aromatic N) is 2. The molecular formula is C24H21FN4O3S. The fourth-order valence-corrected chi connectivity index (χ4v) is 4.48. The molecule has 0 bridgehead atoms. The molecule has 0 atom stereocenters. The van der Waals surface area contributed by atoms with Gasteiger partial charge in [0, 0.05) is 29.6 Å². The molecule has 0 radical (unpaired) electrons. The van der Waals surface area contributed by atoms with Crippen molar-refractivity contribution in [1.29, 1.82) is 0 Å². The van der Waals surface area contributed by atoms with E-state index in [1.807, 2.05) is 18.2 Å². The number of carbonyl (C=O) groups excluding carboxylic acids is 1. The number of carbonyl (C=O) groups is 1. The molecule has 0 spiro atoms. The third-order valence-corrected chi connectivity index (χ3v) is 6.27. The number of halogens is 1. The molecule has 33 heavy (non-hydrogen) atoms. The average molecular weight is 465 g/mol. The molecule has 1 aromatic heterocycles. The summed E-state index contributed by atoms with van der Waals surface area (Å²) >= 11 is 0. The Morgan fingerprint density at radius 1 is 1.03 bits per heavy atom. The van der Waals surface area contributed by atoms with Crippen LogP contribution < -0.4 is 11.1 Å². The number of benzene rings is 3. The van der Waals surface area contributed by atoms with E-state index in [2.05, 4.69) is 10.4 Å². The molecule has 3 N–H and O–H groups in total. The molecule has 9 heteroatoms. The number of sulfone groups is 1. The number of para-hydroxylation sites is 1. The standard InChI is InChI=1S/C24H21FN4O3S/c1-33(31,32)23-9-5-3-7-19(23)18-11-10-17(14-20(18)25)28-24(30)22-12-13-27-29(22)21-8-4-2-6-16(21)15-26/h2-14H,15,26H2,1H3,(H,28,30). The third-order valence-electron chi connectivity index (χ3n) is 5.12. The van der Waals surface area contributed by atoms with Crippen LogP contribution in [0.15, 0.2) is 83.9 Å². The zero-order valence-corrected chi connectivity index (χ0v) is 18.5. The van der Waals surface area contributed by atoms with E-state index in [4.69, 9.17) is 5.73 Å². The minimum absolute atomic E-state index is 0.0307. The summed E-state index contributed by atoms with van der Waals surface area (Å²) in [5, 5.41) is 6.90. The first-order valence-corrected chi connectivity index (χ1v) is 11.9.